The van der Waals surface area contributed by atoms with E-state index in [2.05, 4.69) is 18.7 Å². The summed E-state index contributed by atoms with van der Waals surface area (Å²) in [4.78, 5) is 49.8. The van der Waals surface area contributed by atoms with Gasteiger partial charge in [0.25, 0.3) is 5.69 Å². The van der Waals surface area contributed by atoms with Crippen molar-refractivity contribution in [2.24, 2.45) is 0 Å². The summed E-state index contributed by atoms with van der Waals surface area (Å²) in [5.41, 5.74) is 3.17. The highest BCUT2D eigenvalue weighted by Crippen LogP contribution is 2.35. The summed E-state index contributed by atoms with van der Waals surface area (Å²) in [5.74, 6) is 0.996. The first kappa shape index (κ1) is 39.6. The zero-order valence-corrected chi connectivity index (χ0v) is 31.0. The topological polar surface area (TPSA) is 173 Å². The Kier molecular flexibility index (Phi) is 12.2. The van der Waals surface area contributed by atoms with Crippen LogP contribution in [0, 0.1) is 17.0 Å². The summed E-state index contributed by atoms with van der Waals surface area (Å²) in [7, 11) is 0. The molecule has 0 aromatic heterocycles. The second-order valence-electron chi connectivity index (χ2n) is 13.4. The van der Waals surface area contributed by atoms with Crippen molar-refractivity contribution in [3.05, 3.63) is 183 Å². The molecule has 0 unspecified atom stereocenters. The molecule has 13 nitrogen and oxygen atoms in total. The largest absolute Gasteiger partial charge is 0.478 e. The minimum atomic E-state index is -1.21. The van der Waals surface area contributed by atoms with Crippen LogP contribution in [0.15, 0.2) is 133 Å². The number of carboxylic acid groups (broad SMARTS) is 1. The van der Waals surface area contributed by atoms with E-state index >= 15 is 0 Å². The van der Waals surface area contributed by atoms with Crippen LogP contribution in [0.4, 0.5) is 5.69 Å². The number of carboxylic acids is 1. The lowest BCUT2D eigenvalue weighted by atomic mass is 9.78. The van der Waals surface area contributed by atoms with Gasteiger partial charge in [-0.1, -0.05) is 49.7 Å². The van der Waals surface area contributed by atoms with E-state index in [-0.39, 0.29) is 41.2 Å². The molecule has 0 saturated heterocycles. The minimum Gasteiger partial charge on any atom is -0.478 e. The first-order valence-corrected chi connectivity index (χ1v) is 17.5. The lowest BCUT2D eigenvalue weighted by molar-refractivity contribution is -0.385. The molecule has 0 aliphatic carbocycles. The molecule has 0 heterocycles. The van der Waals surface area contributed by atoms with Gasteiger partial charge in [-0.15, -0.1) is 0 Å². The number of carbonyl (C=O) groups excluding carboxylic acids is 1. The monoisotopic (exact) mass is 771 g/mol. The maximum atomic E-state index is 12.7. The molecule has 0 atom stereocenters. The summed E-state index contributed by atoms with van der Waals surface area (Å²) in [6.45, 7) is 5.72. The minimum absolute atomic E-state index is 0.0239. The smallest absolute Gasteiger partial charge is 0.344 e. The number of non-ortho nitro benzene ring substituents is 1. The molecule has 13 heteroatoms. The number of rotatable bonds is 16. The quantitative estimate of drug-likeness (QED) is 0.0314. The van der Waals surface area contributed by atoms with E-state index in [0.29, 0.717) is 39.9 Å². The van der Waals surface area contributed by atoms with Gasteiger partial charge in [-0.25, -0.2) is 14.5 Å². The molecule has 0 fully saturated rings. The van der Waals surface area contributed by atoms with Crippen molar-refractivity contribution >= 4 is 17.6 Å². The van der Waals surface area contributed by atoms with E-state index in [9.17, 15) is 24.8 Å². The Hall–Kier alpha value is -7.06. The number of aromatic carboxylic acids is 1. The van der Waals surface area contributed by atoms with Crippen molar-refractivity contribution in [1.82, 2.24) is 0 Å². The highest BCUT2D eigenvalue weighted by molar-refractivity contribution is 6.03. The summed E-state index contributed by atoms with van der Waals surface area (Å²) < 4.78 is 17.5. The molecule has 57 heavy (non-hydrogen) atoms. The van der Waals surface area contributed by atoms with Crippen LogP contribution in [-0.2, 0) is 28.4 Å². The summed E-state index contributed by atoms with van der Waals surface area (Å²) in [5, 5.41) is 29.4. The first-order chi connectivity index (χ1) is 27.4. The third-order valence-corrected chi connectivity index (χ3v) is 9.10. The fourth-order valence-corrected chi connectivity index (χ4v) is 5.86. The second kappa shape index (κ2) is 17.6. The SMILES string of the molecule is Cc1ccc(C(=O)O)c(C(=O)Oc2ccc(Oc3ccc(C(C)(C)c4ccc(Oc5ccc(OOCc6cc([N+](=O)[O-])ccc6COO)cc5)cc4)cc3)cc2)c1. The molecule has 2 N–H and O–H groups in total. The molecule has 0 bridgehead atoms. The van der Waals surface area contributed by atoms with Crippen LogP contribution in [-0.4, -0.2) is 27.2 Å². The van der Waals surface area contributed by atoms with Crippen molar-refractivity contribution < 1.29 is 53.7 Å². The fourth-order valence-electron chi connectivity index (χ4n) is 5.86. The Morgan fingerprint density at radius 2 is 1.14 bits per heavy atom. The number of hydrogen-bond donors (Lipinski definition) is 2. The normalized spacial score (nSPS) is 11.1. The Labute approximate surface area is 327 Å². The molecule has 290 valence electrons. The van der Waals surface area contributed by atoms with Gasteiger partial charge in [0.2, 0.25) is 0 Å². The third-order valence-electron chi connectivity index (χ3n) is 9.10. The molecule has 6 aromatic rings. The van der Waals surface area contributed by atoms with Gasteiger partial charge in [-0.2, -0.15) is 4.89 Å². The molecule has 6 aromatic carbocycles. The molecular formula is C44H37NO12. The van der Waals surface area contributed by atoms with E-state index in [1.54, 1.807) is 61.5 Å². The molecule has 0 spiro atoms. The van der Waals surface area contributed by atoms with E-state index in [1.807, 2.05) is 48.5 Å². The molecule has 0 aliphatic heterocycles. The van der Waals surface area contributed by atoms with Gasteiger partial charge in [0.15, 0.2) is 5.75 Å². The fraction of sp³-hybridized carbons (Fsp3) is 0.136. The van der Waals surface area contributed by atoms with Crippen LogP contribution in [0.25, 0.3) is 0 Å². The lowest BCUT2D eigenvalue weighted by Gasteiger charge is -2.26. The molecular weight excluding hydrogens is 734 g/mol. The number of benzene rings is 6. The van der Waals surface area contributed by atoms with Gasteiger partial charge in [-0.3, -0.25) is 15.4 Å². The number of hydrogen-bond acceptors (Lipinski definition) is 11. The Morgan fingerprint density at radius 3 is 1.65 bits per heavy atom. The van der Waals surface area contributed by atoms with Crippen molar-refractivity contribution in [3.63, 3.8) is 0 Å². The van der Waals surface area contributed by atoms with Crippen LogP contribution in [0.2, 0.25) is 0 Å². The Morgan fingerprint density at radius 1 is 0.632 bits per heavy atom. The average molecular weight is 772 g/mol. The Bertz CT molecular complexity index is 2360. The first-order valence-electron chi connectivity index (χ1n) is 17.5. The summed E-state index contributed by atoms with van der Waals surface area (Å²) in [6, 6.07) is 37.4. The van der Waals surface area contributed by atoms with Crippen LogP contribution in [0.3, 0.4) is 0 Å². The van der Waals surface area contributed by atoms with Crippen molar-refractivity contribution in [2.45, 2.75) is 39.4 Å². The van der Waals surface area contributed by atoms with Crippen LogP contribution in [0.5, 0.6) is 34.5 Å². The van der Waals surface area contributed by atoms with Crippen molar-refractivity contribution in [2.75, 3.05) is 0 Å². The van der Waals surface area contributed by atoms with Gasteiger partial charge < -0.3 is 24.2 Å². The van der Waals surface area contributed by atoms with Crippen LogP contribution in [0.1, 0.15) is 62.4 Å². The lowest BCUT2D eigenvalue weighted by Crippen LogP contribution is -2.18. The number of carbonyl (C=O) groups is 2. The molecule has 0 radical (unpaired) electrons. The summed E-state index contributed by atoms with van der Waals surface area (Å²) in [6.07, 6.45) is 0. The third kappa shape index (κ3) is 9.98. The zero-order chi connectivity index (χ0) is 40.5. The number of aryl methyl sites for hydroxylation is 1. The van der Waals surface area contributed by atoms with Crippen molar-refractivity contribution in [3.8, 4) is 34.5 Å². The standard InChI is InChI=1S/C44H37NO12/c1-28-4-23-40(42(46)47)41(24-28)43(48)56-38-17-15-36(16-18-38)54-34-11-6-31(7-12-34)44(2,3)32-8-13-35(14-9-32)55-37-19-21-39(22-20-37)57-53-27-30-25-33(45(49)50)10-5-29(30)26-52-51/h4-25,51H,26-27H2,1-3H3,(H,46,47). The van der Waals surface area contributed by atoms with E-state index in [4.69, 9.17) is 29.2 Å². The average Bonchev–Trinajstić information content (AvgIpc) is 3.20. The number of nitrogens with zero attached hydrogens (tertiary/aromatic N) is 1. The maximum absolute atomic E-state index is 12.7. The van der Waals surface area contributed by atoms with Gasteiger partial charge in [0.1, 0.15) is 42.0 Å². The highest BCUT2D eigenvalue weighted by Gasteiger charge is 2.24. The number of nitro groups is 1. The predicted octanol–water partition coefficient (Wildman–Crippen LogP) is 10.2. The van der Waals surface area contributed by atoms with Gasteiger partial charge >= 0.3 is 11.9 Å². The molecule has 0 saturated carbocycles. The maximum Gasteiger partial charge on any atom is 0.344 e. The molecule has 0 amide bonds. The molecule has 6 rings (SSSR count). The van der Waals surface area contributed by atoms with E-state index in [1.165, 1.54) is 30.3 Å². The van der Waals surface area contributed by atoms with Gasteiger partial charge in [-0.05, 0) is 120 Å². The highest BCUT2D eigenvalue weighted by atomic mass is 17.2. The number of nitro benzene ring substituents is 1. The predicted molar refractivity (Wildman–Crippen MR) is 207 cm³/mol. The van der Waals surface area contributed by atoms with E-state index in [0.717, 1.165) is 16.7 Å². The summed E-state index contributed by atoms with van der Waals surface area (Å²) >= 11 is 0. The Balaban J connectivity index is 1.01. The van der Waals surface area contributed by atoms with Gasteiger partial charge in [0, 0.05) is 17.5 Å². The van der Waals surface area contributed by atoms with Crippen molar-refractivity contribution in [1.29, 1.82) is 0 Å². The van der Waals surface area contributed by atoms with Crippen LogP contribution >= 0.6 is 0 Å². The number of esters is 1. The molecule has 0 aliphatic rings. The van der Waals surface area contributed by atoms with Gasteiger partial charge in [0.05, 0.1) is 16.1 Å². The van der Waals surface area contributed by atoms with E-state index < -0.39 is 16.9 Å². The second-order valence-corrected chi connectivity index (χ2v) is 13.4. The zero-order valence-electron chi connectivity index (χ0n) is 31.0. The van der Waals surface area contributed by atoms with Crippen LogP contribution < -0.4 is 19.1 Å². The number of ether oxygens (including phenoxy) is 3.